The molecule has 2 nitrogen and oxygen atoms in total. The van der Waals surface area contributed by atoms with Gasteiger partial charge in [-0.2, -0.15) is 0 Å². The maximum atomic E-state index is 6.67. The van der Waals surface area contributed by atoms with Gasteiger partial charge >= 0.3 is 0 Å². The first-order valence-corrected chi connectivity index (χ1v) is 14.2. The van der Waals surface area contributed by atoms with Crippen molar-refractivity contribution >= 4 is 23.1 Å². The van der Waals surface area contributed by atoms with Gasteiger partial charge in [-0.3, -0.25) is 0 Å². The zero-order valence-corrected chi connectivity index (χ0v) is 23.8. The van der Waals surface area contributed by atoms with Crippen molar-refractivity contribution in [1.29, 1.82) is 0 Å². The second-order valence-electron chi connectivity index (χ2n) is 14.7. The highest BCUT2D eigenvalue weighted by Crippen LogP contribution is 2.49. The molecule has 7 rings (SSSR count). The molecule has 2 aliphatic carbocycles. The summed E-state index contributed by atoms with van der Waals surface area (Å²) in [7, 11) is 0. The maximum Gasteiger partial charge on any atom is 0.260 e. The molecule has 0 saturated heterocycles. The summed E-state index contributed by atoms with van der Waals surface area (Å²) < 4.78 is 13.3. The molecular formula is C34H39BO2. The van der Waals surface area contributed by atoms with Gasteiger partial charge in [-0.25, -0.2) is 0 Å². The van der Waals surface area contributed by atoms with Crippen LogP contribution in [0.4, 0.5) is 0 Å². The quantitative estimate of drug-likeness (QED) is 0.215. The lowest BCUT2D eigenvalue weighted by atomic mass is 9.34. The van der Waals surface area contributed by atoms with E-state index in [1.165, 1.54) is 64.3 Å². The third-order valence-corrected chi connectivity index (χ3v) is 10.3. The highest BCUT2D eigenvalue weighted by molar-refractivity contribution is 6.98. The zero-order valence-electron chi connectivity index (χ0n) is 23.8. The van der Waals surface area contributed by atoms with Crippen LogP contribution in [0, 0.1) is 0 Å². The van der Waals surface area contributed by atoms with E-state index < -0.39 is 0 Å². The molecule has 0 bridgehead atoms. The summed E-state index contributed by atoms with van der Waals surface area (Å²) >= 11 is 0. The van der Waals surface area contributed by atoms with E-state index in [1.54, 1.807) is 0 Å². The molecule has 0 fully saturated rings. The molecule has 0 aromatic heterocycles. The average molecular weight is 490 g/mol. The molecule has 0 radical (unpaired) electrons. The van der Waals surface area contributed by atoms with Crippen LogP contribution in [0.25, 0.3) is 0 Å². The Hall–Kier alpha value is -2.68. The number of rotatable bonds is 0. The van der Waals surface area contributed by atoms with Gasteiger partial charge in [0, 0.05) is 5.46 Å². The largest absolute Gasteiger partial charge is 0.458 e. The highest BCUT2D eigenvalue weighted by atomic mass is 16.5. The molecule has 0 N–H and O–H groups in total. The second kappa shape index (κ2) is 7.04. The fourth-order valence-electron chi connectivity index (χ4n) is 7.55. The summed E-state index contributed by atoms with van der Waals surface area (Å²) in [5, 5.41) is 0. The standard InChI is InChI=1S/C34H39BO2/c1-31(2)12-14-33(5,6)22-18-28-24(16-20(22)31)35-25-17-21-23(34(7,8)15-13-32(21,3)4)19-29(25)37-27-11-9-10-26(36-28)30(27)35/h9-11,16-19H,12-15H2,1-8H3. The van der Waals surface area contributed by atoms with Gasteiger partial charge in [-0.15, -0.1) is 0 Å². The lowest BCUT2D eigenvalue weighted by Gasteiger charge is -2.44. The topological polar surface area (TPSA) is 18.5 Å². The van der Waals surface area contributed by atoms with Gasteiger partial charge in [0.25, 0.3) is 6.71 Å². The molecule has 3 aromatic rings. The van der Waals surface area contributed by atoms with E-state index in [-0.39, 0.29) is 28.4 Å². The Morgan fingerprint density at radius 2 is 0.865 bits per heavy atom. The van der Waals surface area contributed by atoms with Crippen molar-refractivity contribution in [3.05, 3.63) is 64.7 Å². The number of hydrogen-bond donors (Lipinski definition) is 0. The third-order valence-electron chi connectivity index (χ3n) is 10.3. The van der Waals surface area contributed by atoms with Crippen molar-refractivity contribution < 1.29 is 9.47 Å². The minimum Gasteiger partial charge on any atom is -0.458 e. The summed E-state index contributed by atoms with van der Waals surface area (Å²) in [5.41, 5.74) is 10.2. The smallest absolute Gasteiger partial charge is 0.260 e. The van der Waals surface area contributed by atoms with Crippen LogP contribution in [0.2, 0.25) is 0 Å². The predicted molar refractivity (Wildman–Crippen MR) is 155 cm³/mol. The molecule has 0 unspecified atom stereocenters. The number of fused-ring (bicyclic) bond motifs is 6. The molecule has 0 atom stereocenters. The van der Waals surface area contributed by atoms with Gasteiger partial charge in [0.05, 0.1) is 0 Å². The van der Waals surface area contributed by atoms with E-state index in [1.807, 2.05) is 0 Å². The average Bonchev–Trinajstić information content (AvgIpc) is 2.83. The van der Waals surface area contributed by atoms with Gasteiger partial charge in [-0.1, -0.05) is 73.6 Å². The van der Waals surface area contributed by atoms with Crippen LogP contribution in [0.1, 0.15) is 103 Å². The molecular weight excluding hydrogens is 451 g/mol. The first-order chi connectivity index (χ1) is 17.3. The van der Waals surface area contributed by atoms with Crippen molar-refractivity contribution in [2.24, 2.45) is 0 Å². The first kappa shape index (κ1) is 23.4. The van der Waals surface area contributed by atoms with Gasteiger partial charge < -0.3 is 9.47 Å². The molecule has 3 heteroatoms. The number of hydrogen-bond acceptors (Lipinski definition) is 2. The first-order valence-electron chi connectivity index (χ1n) is 14.2. The van der Waals surface area contributed by atoms with Crippen LogP contribution in [0.15, 0.2) is 42.5 Å². The minimum atomic E-state index is 0.121. The van der Waals surface area contributed by atoms with Gasteiger partial charge in [0.2, 0.25) is 0 Å². The summed E-state index contributed by atoms with van der Waals surface area (Å²) in [5.74, 6) is 3.91. The van der Waals surface area contributed by atoms with Crippen LogP contribution in [0.3, 0.4) is 0 Å². The normalized spacial score (nSPS) is 22.3. The van der Waals surface area contributed by atoms with Crippen molar-refractivity contribution in [3.63, 3.8) is 0 Å². The lowest BCUT2D eigenvalue weighted by molar-refractivity contribution is 0.330. The monoisotopic (exact) mass is 490 g/mol. The van der Waals surface area contributed by atoms with E-state index in [0.29, 0.717) is 0 Å². The molecule has 4 aliphatic rings. The lowest BCUT2D eigenvalue weighted by Crippen LogP contribution is -2.58. The third kappa shape index (κ3) is 3.19. The van der Waals surface area contributed by atoms with E-state index in [4.69, 9.17) is 9.47 Å². The van der Waals surface area contributed by atoms with E-state index in [0.717, 1.165) is 23.0 Å². The van der Waals surface area contributed by atoms with Gasteiger partial charge in [0.15, 0.2) is 0 Å². The zero-order chi connectivity index (χ0) is 26.1. The van der Waals surface area contributed by atoms with Gasteiger partial charge in [-0.05, 0) is 105 Å². The Morgan fingerprint density at radius 1 is 0.514 bits per heavy atom. The van der Waals surface area contributed by atoms with Crippen molar-refractivity contribution in [1.82, 2.24) is 0 Å². The maximum absolute atomic E-state index is 6.67. The van der Waals surface area contributed by atoms with E-state index in [9.17, 15) is 0 Å². The second-order valence-corrected chi connectivity index (χ2v) is 14.7. The summed E-state index contributed by atoms with van der Waals surface area (Å²) in [6, 6.07) is 16.0. The molecule has 0 saturated carbocycles. The Morgan fingerprint density at radius 3 is 1.24 bits per heavy atom. The molecule has 37 heavy (non-hydrogen) atoms. The Labute approximate surface area is 222 Å². The van der Waals surface area contributed by atoms with Crippen LogP contribution in [0.5, 0.6) is 23.0 Å². The van der Waals surface area contributed by atoms with Gasteiger partial charge in [0.1, 0.15) is 23.0 Å². The summed E-state index contributed by atoms with van der Waals surface area (Å²) in [4.78, 5) is 0. The van der Waals surface area contributed by atoms with Crippen LogP contribution in [-0.4, -0.2) is 6.71 Å². The molecule has 0 amide bonds. The van der Waals surface area contributed by atoms with E-state index in [2.05, 4.69) is 97.9 Å². The van der Waals surface area contributed by atoms with Crippen LogP contribution in [-0.2, 0) is 21.7 Å². The van der Waals surface area contributed by atoms with Crippen LogP contribution >= 0.6 is 0 Å². The van der Waals surface area contributed by atoms with E-state index >= 15 is 0 Å². The fraction of sp³-hybridized carbons (Fsp3) is 0.471. The fourth-order valence-corrected chi connectivity index (χ4v) is 7.55. The summed E-state index contributed by atoms with van der Waals surface area (Å²) in [6.45, 7) is 19.3. The molecule has 3 aromatic carbocycles. The van der Waals surface area contributed by atoms with Crippen molar-refractivity contribution in [2.75, 3.05) is 0 Å². The number of ether oxygens (including phenoxy) is 2. The Kier molecular flexibility index (Phi) is 4.46. The van der Waals surface area contributed by atoms with Crippen LogP contribution < -0.4 is 25.9 Å². The minimum absolute atomic E-state index is 0.121. The SMILES string of the molecule is CC1(C)CCC(C)(C)c2cc3c(cc21)Oc1cccc2c1B3c1cc3c(cc1O2)C(C)(C)CCC3(C)C. The summed E-state index contributed by atoms with van der Waals surface area (Å²) in [6.07, 6.45) is 4.80. The predicted octanol–water partition coefficient (Wildman–Crippen LogP) is 7.11. The molecule has 190 valence electrons. The van der Waals surface area contributed by atoms with Crippen molar-refractivity contribution in [2.45, 2.75) is 103 Å². The molecule has 2 heterocycles. The molecule has 0 spiro atoms. The Balaban J connectivity index is 1.52. The van der Waals surface area contributed by atoms with Crippen molar-refractivity contribution in [3.8, 4) is 23.0 Å². The molecule has 2 aliphatic heterocycles. The highest BCUT2D eigenvalue weighted by Gasteiger charge is 2.46. The number of benzene rings is 3. The Bertz CT molecular complexity index is 1380.